The summed E-state index contributed by atoms with van der Waals surface area (Å²) < 4.78 is 12.8. The number of amides is 1. The number of hydrogen-bond donors (Lipinski definition) is 1. The fraction of sp³-hybridized carbons (Fsp3) is 0.261. The molecule has 1 heterocycles. The molecule has 0 saturated heterocycles. The Morgan fingerprint density at radius 1 is 1.04 bits per heavy atom. The van der Waals surface area contributed by atoms with E-state index in [1.54, 1.807) is 14.2 Å². The maximum atomic E-state index is 12.5. The van der Waals surface area contributed by atoms with Crippen LogP contribution in [0.15, 0.2) is 60.9 Å². The summed E-state index contributed by atoms with van der Waals surface area (Å²) in [4.78, 5) is 12.5. The summed E-state index contributed by atoms with van der Waals surface area (Å²) >= 11 is 0. The minimum atomic E-state index is -0.133. The van der Waals surface area contributed by atoms with Crippen LogP contribution in [0.3, 0.4) is 0 Å². The van der Waals surface area contributed by atoms with Gasteiger partial charge in [0.1, 0.15) is 0 Å². The van der Waals surface area contributed by atoms with Crippen molar-refractivity contribution in [1.29, 1.82) is 0 Å². The minimum Gasteiger partial charge on any atom is -0.493 e. The standard InChI is InChI=1S/C23H26N2O3/c1-16-13-21(27-3)22(28-4)15-20(16)17(2)24-23(26)14-18-7-9-19(10-8-18)25-11-5-6-12-25/h5-13,15,17H,14H2,1-4H3,(H,24,26). The Kier molecular flexibility index (Phi) is 6.04. The molecule has 3 aromatic rings. The van der Waals surface area contributed by atoms with Crippen molar-refractivity contribution in [1.82, 2.24) is 9.88 Å². The predicted molar refractivity (Wildman–Crippen MR) is 110 cm³/mol. The normalized spacial score (nSPS) is 11.7. The molecule has 0 aliphatic carbocycles. The summed E-state index contributed by atoms with van der Waals surface area (Å²) in [5.74, 6) is 1.32. The van der Waals surface area contributed by atoms with Gasteiger partial charge in [0, 0.05) is 18.1 Å². The van der Waals surface area contributed by atoms with Gasteiger partial charge >= 0.3 is 0 Å². The topological polar surface area (TPSA) is 52.5 Å². The zero-order valence-electron chi connectivity index (χ0n) is 16.7. The van der Waals surface area contributed by atoms with Crippen molar-refractivity contribution in [3.63, 3.8) is 0 Å². The number of benzene rings is 2. The van der Waals surface area contributed by atoms with Crippen molar-refractivity contribution < 1.29 is 14.3 Å². The summed E-state index contributed by atoms with van der Waals surface area (Å²) in [6.45, 7) is 3.97. The number of methoxy groups -OCH3 is 2. The summed E-state index contributed by atoms with van der Waals surface area (Å²) in [6, 6.07) is 15.7. The van der Waals surface area contributed by atoms with Crippen LogP contribution in [0, 0.1) is 6.92 Å². The third-order valence-corrected chi connectivity index (χ3v) is 4.82. The van der Waals surface area contributed by atoms with E-state index in [2.05, 4.69) is 5.32 Å². The molecule has 0 saturated carbocycles. The van der Waals surface area contributed by atoms with Crippen molar-refractivity contribution >= 4 is 5.91 Å². The number of rotatable bonds is 7. The number of nitrogens with one attached hydrogen (secondary N) is 1. The fourth-order valence-corrected chi connectivity index (χ4v) is 3.31. The van der Waals surface area contributed by atoms with Gasteiger partial charge in [0.05, 0.1) is 26.7 Å². The van der Waals surface area contributed by atoms with Crippen LogP contribution in [0.5, 0.6) is 11.5 Å². The fourth-order valence-electron chi connectivity index (χ4n) is 3.31. The summed E-state index contributed by atoms with van der Waals surface area (Å²) in [6.07, 6.45) is 4.33. The Bertz CT molecular complexity index is 931. The number of ether oxygens (including phenoxy) is 2. The van der Waals surface area contributed by atoms with Gasteiger partial charge < -0.3 is 19.4 Å². The lowest BCUT2D eigenvalue weighted by Crippen LogP contribution is -2.28. The van der Waals surface area contributed by atoms with Gasteiger partial charge in [-0.15, -0.1) is 0 Å². The van der Waals surface area contributed by atoms with Gasteiger partial charge in [-0.05, 0) is 66.9 Å². The number of aromatic nitrogens is 1. The van der Waals surface area contributed by atoms with Crippen molar-refractivity contribution in [2.75, 3.05) is 14.2 Å². The molecule has 28 heavy (non-hydrogen) atoms. The third kappa shape index (κ3) is 4.36. The van der Waals surface area contributed by atoms with Crippen LogP contribution in [0.25, 0.3) is 5.69 Å². The van der Waals surface area contributed by atoms with Gasteiger partial charge in [-0.3, -0.25) is 4.79 Å². The number of aryl methyl sites for hydroxylation is 1. The smallest absolute Gasteiger partial charge is 0.224 e. The van der Waals surface area contributed by atoms with Crippen LogP contribution in [-0.4, -0.2) is 24.7 Å². The molecule has 1 aromatic heterocycles. The zero-order chi connectivity index (χ0) is 20.1. The van der Waals surface area contributed by atoms with E-state index in [9.17, 15) is 4.79 Å². The van der Waals surface area contributed by atoms with Crippen LogP contribution < -0.4 is 14.8 Å². The van der Waals surface area contributed by atoms with Crippen molar-refractivity contribution in [2.24, 2.45) is 0 Å². The first-order chi connectivity index (χ1) is 13.5. The van der Waals surface area contributed by atoms with Gasteiger partial charge in [-0.25, -0.2) is 0 Å². The maximum Gasteiger partial charge on any atom is 0.224 e. The zero-order valence-corrected chi connectivity index (χ0v) is 16.7. The van der Waals surface area contributed by atoms with Crippen molar-refractivity contribution in [3.05, 3.63) is 77.6 Å². The van der Waals surface area contributed by atoms with Gasteiger partial charge in [0.15, 0.2) is 11.5 Å². The van der Waals surface area contributed by atoms with Crippen LogP contribution in [0.2, 0.25) is 0 Å². The lowest BCUT2D eigenvalue weighted by molar-refractivity contribution is -0.121. The highest BCUT2D eigenvalue weighted by atomic mass is 16.5. The highest BCUT2D eigenvalue weighted by molar-refractivity contribution is 5.79. The quantitative estimate of drug-likeness (QED) is 0.670. The molecule has 1 atom stereocenters. The van der Waals surface area contributed by atoms with Crippen LogP contribution in [0.1, 0.15) is 29.7 Å². The second kappa shape index (κ2) is 8.65. The number of nitrogens with zero attached hydrogens (tertiary/aromatic N) is 1. The van der Waals surface area contributed by atoms with E-state index in [4.69, 9.17) is 9.47 Å². The molecule has 1 amide bonds. The second-order valence-electron chi connectivity index (χ2n) is 6.79. The predicted octanol–water partition coefficient (Wildman–Crippen LogP) is 4.22. The molecule has 0 aliphatic rings. The molecule has 1 unspecified atom stereocenters. The lowest BCUT2D eigenvalue weighted by Gasteiger charge is -2.19. The van der Waals surface area contributed by atoms with Gasteiger partial charge in [-0.1, -0.05) is 12.1 Å². The van der Waals surface area contributed by atoms with E-state index >= 15 is 0 Å². The van der Waals surface area contributed by atoms with E-state index in [0.29, 0.717) is 17.9 Å². The van der Waals surface area contributed by atoms with Gasteiger partial charge in [-0.2, -0.15) is 0 Å². The Morgan fingerprint density at radius 2 is 1.64 bits per heavy atom. The molecule has 0 aliphatic heterocycles. The summed E-state index contributed by atoms with van der Waals surface area (Å²) in [5, 5.41) is 3.08. The van der Waals surface area contributed by atoms with Crippen molar-refractivity contribution in [3.8, 4) is 17.2 Å². The largest absolute Gasteiger partial charge is 0.493 e. The second-order valence-corrected chi connectivity index (χ2v) is 6.79. The first-order valence-corrected chi connectivity index (χ1v) is 9.26. The summed E-state index contributed by atoms with van der Waals surface area (Å²) in [7, 11) is 3.22. The molecule has 1 N–H and O–H groups in total. The van der Waals surface area contributed by atoms with Gasteiger partial charge in [0.25, 0.3) is 0 Å². The van der Waals surface area contributed by atoms with Crippen LogP contribution in [0.4, 0.5) is 0 Å². The highest BCUT2D eigenvalue weighted by Gasteiger charge is 2.16. The Balaban J connectivity index is 1.66. The lowest BCUT2D eigenvalue weighted by atomic mass is 10.0. The Morgan fingerprint density at radius 3 is 2.25 bits per heavy atom. The molecule has 0 radical (unpaired) electrons. The molecule has 0 bridgehead atoms. The first kappa shape index (κ1) is 19.5. The molecular weight excluding hydrogens is 352 g/mol. The monoisotopic (exact) mass is 378 g/mol. The minimum absolute atomic E-state index is 0.0181. The number of carbonyl (C=O) groups excluding carboxylic acids is 1. The van der Waals surface area contributed by atoms with E-state index < -0.39 is 0 Å². The van der Waals surface area contributed by atoms with Gasteiger partial charge in [0.2, 0.25) is 5.91 Å². The average molecular weight is 378 g/mol. The molecule has 2 aromatic carbocycles. The Hall–Kier alpha value is -3.21. The summed E-state index contributed by atoms with van der Waals surface area (Å²) in [5.41, 5.74) is 4.10. The number of carbonyl (C=O) groups is 1. The third-order valence-electron chi connectivity index (χ3n) is 4.82. The van der Waals surface area contributed by atoms with E-state index in [-0.39, 0.29) is 11.9 Å². The molecule has 146 valence electrons. The average Bonchev–Trinajstić information content (AvgIpc) is 3.22. The van der Waals surface area contributed by atoms with E-state index in [0.717, 1.165) is 22.4 Å². The van der Waals surface area contributed by atoms with E-state index in [1.165, 1.54) is 0 Å². The molecule has 0 spiro atoms. The molecular formula is C23H26N2O3. The molecule has 3 rings (SSSR count). The SMILES string of the molecule is COc1cc(C)c(C(C)NC(=O)Cc2ccc(-n3cccc3)cc2)cc1OC. The molecule has 5 nitrogen and oxygen atoms in total. The van der Waals surface area contributed by atoms with E-state index in [1.807, 2.05) is 79.3 Å². The molecule has 5 heteroatoms. The van der Waals surface area contributed by atoms with Crippen LogP contribution in [-0.2, 0) is 11.2 Å². The molecule has 0 fully saturated rings. The highest BCUT2D eigenvalue weighted by Crippen LogP contribution is 2.32. The van der Waals surface area contributed by atoms with Crippen LogP contribution >= 0.6 is 0 Å². The number of hydrogen-bond acceptors (Lipinski definition) is 3. The Labute approximate surface area is 165 Å². The maximum absolute atomic E-state index is 12.5. The first-order valence-electron chi connectivity index (χ1n) is 9.26. The van der Waals surface area contributed by atoms with Crippen molar-refractivity contribution in [2.45, 2.75) is 26.3 Å².